The van der Waals surface area contributed by atoms with Crippen LogP contribution >= 0.6 is 11.3 Å². The van der Waals surface area contributed by atoms with Gasteiger partial charge in [-0.05, 0) is 13.8 Å². The fraction of sp³-hybridized carbons (Fsp3) is 0.538. The number of nitrogens with one attached hydrogen (secondary N) is 1. The highest BCUT2D eigenvalue weighted by atomic mass is 32.1. The van der Waals surface area contributed by atoms with Crippen molar-refractivity contribution < 1.29 is 23.9 Å². The van der Waals surface area contributed by atoms with Gasteiger partial charge in [0.05, 0.1) is 24.4 Å². The Bertz CT molecular complexity index is 483. The van der Waals surface area contributed by atoms with Crippen molar-refractivity contribution in [3.63, 3.8) is 0 Å². The number of esters is 2. The third-order valence-electron chi connectivity index (χ3n) is 2.57. The molecule has 8 heteroatoms. The largest absolute Gasteiger partial charge is 0.464 e. The van der Waals surface area contributed by atoms with Crippen LogP contribution in [-0.2, 0) is 30.3 Å². The van der Waals surface area contributed by atoms with Crippen molar-refractivity contribution in [3.8, 4) is 0 Å². The molecule has 116 valence electrons. The van der Waals surface area contributed by atoms with Gasteiger partial charge in [-0.1, -0.05) is 0 Å². The molecule has 0 unspecified atom stereocenters. The highest BCUT2D eigenvalue weighted by Crippen LogP contribution is 2.19. The Morgan fingerprint density at radius 3 is 2.19 bits per heavy atom. The van der Waals surface area contributed by atoms with Crippen molar-refractivity contribution in [3.05, 3.63) is 16.6 Å². The van der Waals surface area contributed by atoms with Gasteiger partial charge in [-0.3, -0.25) is 4.79 Å². The molecule has 0 fully saturated rings. The zero-order valence-electron chi connectivity index (χ0n) is 12.2. The van der Waals surface area contributed by atoms with Crippen molar-refractivity contribution in [2.75, 3.05) is 13.2 Å². The minimum atomic E-state index is -1.91. The first-order chi connectivity index (χ1) is 9.96. The molecule has 0 aromatic carbocycles. The van der Waals surface area contributed by atoms with Gasteiger partial charge in [0.25, 0.3) is 0 Å². The van der Waals surface area contributed by atoms with Crippen LogP contribution in [0.3, 0.4) is 0 Å². The SMILES string of the molecule is CCOC(=O)C(Cc1cscn1)(NC(C)=O)C(=O)OCC. The zero-order chi connectivity index (χ0) is 15.9. The average Bonchev–Trinajstić information content (AvgIpc) is 2.90. The van der Waals surface area contributed by atoms with Crippen LogP contribution < -0.4 is 5.32 Å². The minimum absolute atomic E-state index is 0.0800. The van der Waals surface area contributed by atoms with Crippen molar-refractivity contribution in [1.29, 1.82) is 0 Å². The van der Waals surface area contributed by atoms with E-state index in [9.17, 15) is 14.4 Å². The second kappa shape index (κ2) is 7.72. The van der Waals surface area contributed by atoms with Gasteiger partial charge in [0.15, 0.2) is 0 Å². The molecule has 0 bridgehead atoms. The summed E-state index contributed by atoms with van der Waals surface area (Å²) < 4.78 is 9.89. The molecule has 0 saturated carbocycles. The highest BCUT2D eigenvalue weighted by Gasteiger charge is 2.50. The molecule has 0 aliphatic rings. The molecule has 0 radical (unpaired) electrons. The average molecular weight is 314 g/mol. The summed E-state index contributed by atoms with van der Waals surface area (Å²) >= 11 is 1.32. The van der Waals surface area contributed by atoms with Gasteiger partial charge >= 0.3 is 11.9 Å². The van der Waals surface area contributed by atoms with Crippen molar-refractivity contribution in [1.82, 2.24) is 10.3 Å². The van der Waals surface area contributed by atoms with E-state index in [0.29, 0.717) is 5.69 Å². The Hall–Kier alpha value is -1.96. The van der Waals surface area contributed by atoms with E-state index in [0.717, 1.165) is 0 Å². The summed E-state index contributed by atoms with van der Waals surface area (Å²) in [6, 6.07) is 0. The fourth-order valence-corrected chi connectivity index (χ4v) is 2.34. The molecule has 1 heterocycles. The Balaban J connectivity index is 3.21. The van der Waals surface area contributed by atoms with Gasteiger partial charge in [0.1, 0.15) is 0 Å². The van der Waals surface area contributed by atoms with E-state index < -0.39 is 23.4 Å². The smallest absolute Gasteiger partial charge is 0.344 e. The van der Waals surface area contributed by atoms with Gasteiger partial charge in [0.2, 0.25) is 11.4 Å². The first kappa shape index (κ1) is 17.1. The molecule has 0 atom stereocenters. The van der Waals surface area contributed by atoms with E-state index in [1.165, 1.54) is 18.3 Å². The second-order valence-electron chi connectivity index (χ2n) is 4.18. The first-order valence-electron chi connectivity index (χ1n) is 6.46. The van der Waals surface area contributed by atoms with Crippen molar-refractivity contribution in [2.24, 2.45) is 0 Å². The summed E-state index contributed by atoms with van der Waals surface area (Å²) in [5.41, 5.74) is 0.158. The van der Waals surface area contributed by atoms with Crippen LogP contribution in [-0.4, -0.2) is 41.6 Å². The molecule has 0 spiro atoms. The van der Waals surface area contributed by atoms with Crippen molar-refractivity contribution >= 4 is 29.2 Å². The van der Waals surface area contributed by atoms with Crippen LogP contribution in [0.2, 0.25) is 0 Å². The molecule has 1 aromatic heterocycles. The molecular formula is C13H18N2O5S. The molecule has 0 aliphatic carbocycles. The van der Waals surface area contributed by atoms with Crippen molar-refractivity contribution in [2.45, 2.75) is 32.7 Å². The lowest BCUT2D eigenvalue weighted by molar-refractivity contribution is -0.168. The number of nitrogens with zero attached hydrogens (tertiary/aromatic N) is 1. The third kappa shape index (κ3) is 4.25. The molecule has 0 aliphatic heterocycles. The lowest BCUT2D eigenvalue weighted by atomic mass is 9.93. The number of aromatic nitrogens is 1. The number of hydrogen-bond acceptors (Lipinski definition) is 7. The Morgan fingerprint density at radius 1 is 1.24 bits per heavy atom. The van der Waals surface area contributed by atoms with E-state index in [-0.39, 0.29) is 19.6 Å². The number of thiazole rings is 1. The molecule has 1 amide bonds. The number of carbonyl (C=O) groups excluding carboxylic acids is 3. The normalized spacial score (nSPS) is 10.8. The predicted molar refractivity (Wildman–Crippen MR) is 75.6 cm³/mol. The van der Waals surface area contributed by atoms with Gasteiger partial charge in [-0.2, -0.15) is 0 Å². The van der Waals surface area contributed by atoms with E-state index >= 15 is 0 Å². The standard InChI is InChI=1S/C13H18N2O5S/c1-4-19-11(17)13(15-9(3)16,12(18)20-5-2)6-10-7-21-8-14-10/h7-8H,4-6H2,1-3H3,(H,15,16). The molecule has 7 nitrogen and oxygen atoms in total. The number of amides is 1. The molecular weight excluding hydrogens is 296 g/mol. The van der Waals surface area contributed by atoms with Gasteiger partial charge in [0, 0.05) is 18.7 Å². The quantitative estimate of drug-likeness (QED) is 0.587. The lowest BCUT2D eigenvalue weighted by Gasteiger charge is -2.29. The van der Waals surface area contributed by atoms with Gasteiger partial charge in [-0.25, -0.2) is 14.6 Å². The number of rotatable bonds is 7. The highest BCUT2D eigenvalue weighted by molar-refractivity contribution is 7.07. The van der Waals surface area contributed by atoms with E-state index in [1.807, 2.05) is 0 Å². The summed E-state index contributed by atoms with van der Waals surface area (Å²) in [5.74, 6) is -2.25. The van der Waals surface area contributed by atoms with E-state index in [1.54, 1.807) is 24.7 Å². The minimum Gasteiger partial charge on any atom is -0.464 e. The van der Waals surface area contributed by atoms with Crippen LogP contribution in [0, 0.1) is 0 Å². The second-order valence-corrected chi connectivity index (χ2v) is 4.90. The Kier molecular flexibility index (Phi) is 6.29. The Morgan fingerprint density at radius 2 is 1.81 bits per heavy atom. The maximum Gasteiger partial charge on any atom is 0.344 e. The fourth-order valence-electron chi connectivity index (χ4n) is 1.78. The topological polar surface area (TPSA) is 94.6 Å². The van der Waals surface area contributed by atoms with Crippen LogP contribution in [0.15, 0.2) is 10.9 Å². The number of hydrogen-bond donors (Lipinski definition) is 1. The lowest BCUT2D eigenvalue weighted by Crippen LogP contribution is -2.62. The van der Waals surface area contributed by atoms with E-state index in [2.05, 4.69) is 10.3 Å². The van der Waals surface area contributed by atoms with E-state index in [4.69, 9.17) is 9.47 Å². The van der Waals surface area contributed by atoms with Crippen LogP contribution in [0.25, 0.3) is 0 Å². The summed E-state index contributed by atoms with van der Waals surface area (Å²) in [7, 11) is 0. The molecule has 1 aromatic rings. The third-order valence-corrected chi connectivity index (χ3v) is 3.20. The summed E-state index contributed by atoms with van der Waals surface area (Å²) in [6.07, 6.45) is -0.117. The van der Waals surface area contributed by atoms with Crippen LogP contribution in [0.5, 0.6) is 0 Å². The molecule has 1 rings (SSSR count). The van der Waals surface area contributed by atoms with Crippen LogP contribution in [0.1, 0.15) is 26.5 Å². The molecule has 1 N–H and O–H groups in total. The first-order valence-corrected chi connectivity index (χ1v) is 7.40. The number of carbonyl (C=O) groups is 3. The summed E-state index contributed by atoms with van der Waals surface area (Å²) in [6.45, 7) is 4.61. The van der Waals surface area contributed by atoms with Gasteiger partial charge < -0.3 is 14.8 Å². The molecule has 21 heavy (non-hydrogen) atoms. The monoisotopic (exact) mass is 314 g/mol. The maximum absolute atomic E-state index is 12.3. The van der Waals surface area contributed by atoms with Crippen LogP contribution in [0.4, 0.5) is 0 Å². The predicted octanol–water partition coefficient (Wildman–Crippen LogP) is 0.687. The van der Waals surface area contributed by atoms with Gasteiger partial charge in [-0.15, -0.1) is 11.3 Å². The maximum atomic E-state index is 12.3. The zero-order valence-corrected chi connectivity index (χ0v) is 13.0. The Labute approximate surface area is 126 Å². The number of ether oxygens (including phenoxy) is 2. The summed E-state index contributed by atoms with van der Waals surface area (Å²) in [5, 5.41) is 4.07. The summed E-state index contributed by atoms with van der Waals surface area (Å²) in [4.78, 5) is 40.1. The molecule has 0 saturated heterocycles.